The van der Waals surface area contributed by atoms with Crippen LogP contribution in [0.4, 0.5) is 0 Å². The lowest BCUT2D eigenvalue weighted by atomic mass is 10.0. The van der Waals surface area contributed by atoms with Crippen LogP contribution in [0.25, 0.3) is 94.0 Å². The van der Waals surface area contributed by atoms with E-state index in [-0.39, 0.29) is 0 Å². The fraction of sp³-hybridized carbons (Fsp3) is 0. The van der Waals surface area contributed by atoms with Crippen LogP contribution in [0.3, 0.4) is 0 Å². The highest BCUT2D eigenvalue weighted by Gasteiger charge is 2.20. The van der Waals surface area contributed by atoms with Gasteiger partial charge in [0.25, 0.3) is 0 Å². The Hall–Kier alpha value is -6.65. The van der Waals surface area contributed by atoms with Crippen molar-refractivity contribution in [2.24, 2.45) is 0 Å². The van der Waals surface area contributed by atoms with Gasteiger partial charge in [-0.1, -0.05) is 146 Å². The summed E-state index contributed by atoms with van der Waals surface area (Å²) in [4.78, 5) is 15.4. The molecule has 2 aromatic heterocycles. The molecule has 0 N–H and O–H groups in total. The number of rotatable bonds is 4. The molecule has 0 saturated heterocycles. The van der Waals surface area contributed by atoms with Gasteiger partial charge in [-0.25, -0.2) is 4.98 Å². The number of nitrogens with zero attached hydrogens (tertiary/aromatic N) is 4. The van der Waals surface area contributed by atoms with Crippen molar-refractivity contribution in [3.8, 4) is 39.9 Å². The van der Waals surface area contributed by atoms with Crippen LogP contribution in [0.15, 0.2) is 170 Å². The zero-order valence-electron chi connectivity index (χ0n) is 26.5. The highest BCUT2D eigenvalue weighted by molar-refractivity contribution is 6.23. The molecular weight excluding hydrogens is 597 g/mol. The zero-order chi connectivity index (χ0) is 32.3. The van der Waals surface area contributed by atoms with Gasteiger partial charge in [-0.2, -0.15) is 9.97 Å². The molecule has 0 fully saturated rings. The molecule has 10 aromatic rings. The number of hydrogen-bond acceptors (Lipinski definition) is 3. The molecule has 49 heavy (non-hydrogen) atoms. The van der Waals surface area contributed by atoms with Crippen LogP contribution in [0.2, 0.25) is 0 Å². The molecule has 0 aliphatic heterocycles. The van der Waals surface area contributed by atoms with Crippen molar-refractivity contribution in [3.05, 3.63) is 170 Å². The standard InChI is InChI=1S/C45H28N4/c1-2-12-32(13-3-1)43-46-44(33-21-18-30(19-22-33)37-23-20-29-10-4-5-14-34(29)26-37)48-45(47-43)49-40-25-24-31-11-8-9-17-38(31)42(40)39-27-35-15-6-7-16-36(35)28-41(39)49/h1-28H. The van der Waals surface area contributed by atoms with Gasteiger partial charge in [0.2, 0.25) is 5.95 Å². The maximum atomic E-state index is 5.22. The van der Waals surface area contributed by atoms with E-state index in [1.165, 1.54) is 48.7 Å². The van der Waals surface area contributed by atoms with E-state index in [1.807, 2.05) is 18.2 Å². The van der Waals surface area contributed by atoms with Gasteiger partial charge in [0.15, 0.2) is 11.6 Å². The molecule has 228 valence electrons. The van der Waals surface area contributed by atoms with E-state index in [4.69, 9.17) is 15.0 Å². The third-order valence-corrected chi connectivity index (χ3v) is 9.60. The fourth-order valence-electron chi connectivity index (χ4n) is 7.18. The Morgan fingerprint density at radius 2 is 0.878 bits per heavy atom. The topological polar surface area (TPSA) is 43.6 Å². The lowest BCUT2D eigenvalue weighted by Gasteiger charge is -2.12. The Bertz CT molecular complexity index is 2870. The lowest BCUT2D eigenvalue weighted by Crippen LogP contribution is -2.06. The molecule has 4 nitrogen and oxygen atoms in total. The first-order valence-electron chi connectivity index (χ1n) is 16.5. The van der Waals surface area contributed by atoms with Crippen molar-refractivity contribution >= 4 is 54.1 Å². The van der Waals surface area contributed by atoms with Crippen LogP contribution in [0.1, 0.15) is 0 Å². The minimum Gasteiger partial charge on any atom is -0.278 e. The molecule has 0 bridgehead atoms. The Morgan fingerprint density at radius 1 is 0.327 bits per heavy atom. The second kappa shape index (κ2) is 11.0. The molecule has 4 heteroatoms. The molecule has 0 spiro atoms. The van der Waals surface area contributed by atoms with Crippen LogP contribution in [-0.4, -0.2) is 19.5 Å². The molecular formula is C45H28N4. The Balaban J connectivity index is 1.21. The summed E-state index contributed by atoms with van der Waals surface area (Å²) in [7, 11) is 0. The van der Waals surface area contributed by atoms with Gasteiger partial charge in [-0.05, 0) is 67.7 Å². The van der Waals surface area contributed by atoms with Crippen molar-refractivity contribution in [1.29, 1.82) is 0 Å². The number of hydrogen-bond donors (Lipinski definition) is 0. The molecule has 0 unspecified atom stereocenters. The van der Waals surface area contributed by atoms with Crippen molar-refractivity contribution in [1.82, 2.24) is 19.5 Å². The summed E-state index contributed by atoms with van der Waals surface area (Å²) in [6.07, 6.45) is 0. The molecule has 0 aliphatic carbocycles. The molecule has 0 atom stereocenters. The molecule has 0 aliphatic rings. The van der Waals surface area contributed by atoms with Crippen molar-refractivity contribution in [2.75, 3.05) is 0 Å². The summed E-state index contributed by atoms with van der Waals surface area (Å²) in [5, 5.41) is 9.62. The van der Waals surface area contributed by atoms with Gasteiger partial charge in [-0.3, -0.25) is 4.57 Å². The Kier molecular flexibility index (Phi) is 6.15. The minimum atomic E-state index is 0.591. The summed E-state index contributed by atoms with van der Waals surface area (Å²) in [6, 6.07) is 59.9. The van der Waals surface area contributed by atoms with E-state index in [1.54, 1.807) is 0 Å². The second-order valence-electron chi connectivity index (χ2n) is 12.5. The SMILES string of the molecule is c1ccc(-c2nc(-c3ccc(-c4ccc5ccccc5c4)cc3)nc(-n3c4cc5ccccc5cc4c4c5ccccc5ccc43)n2)cc1. The maximum Gasteiger partial charge on any atom is 0.238 e. The highest BCUT2D eigenvalue weighted by Crippen LogP contribution is 2.39. The van der Waals surface area contributed by atoms with Gasteiger partial charge in [0, 0.05) is 21.9 Å². The predicted octanol–water partition coefficient (Wildman–Crippen LogP) is 11.4. The van der Waals surface area contributed by atoms with Gasteiger partial charge in [-0.15, -0.1) is 0 Å². The van der Waals surface area contributed by atoms with E-state index >= 15 is 0 Å². The molecule has 0 amide bonds. The van der Waals surface area contributed by atoms with E-state index < -0.39 is 0 Å². The van der Waals surface area contributed by atoms with Crippen molar-refractivity contribution in [3.63, 3.8) is 0 Å². The summed E-state index contributed by atoms with van der Waals surface area (Å²) in [5.41, 5.74) is 6.32. The van der Waals surface area contributed by atoms with Gasteiger partial charge in [0.1, 0.15) is 0 Å². The van der Waals surface area contributed by atoms with Crippen LogP contribution in [0, 0.1) is 0 Å². The van der Waals surface area contributed by atoms with Crippen LogP contribution in [0.5, 0.6) is 0 Å². The average Bonchev–Trinajstić information content (AvgIpc) is 3.50. The molecule has 8 aromatic carbocycles. The highest BCUT2D eigenvalue weighted by atomic mass is 15.2. The van der Waals surface area contributed by atoms with Crippen molar-refractivity contribution < 1.29 is 0 Å². The predicted molar refractivity (Wildman–Crippen MR) is 203 cm³/mol. The van der Waals surface area contributed by atoms with E-state index in [9.17, 15) is 0 Å². The molecule has 0 saturated carbocycles. The third kappa shape index (κ3) is 4.57. The van der Waals surface area contributed by atoms with Gasteiger partial charge in [0.05, 0.1) is 11.0 Å². The summed E-state index contributed by atoms with van der Waals surface area (Å²) in [5.74, 6) is 1.86. The minimum absolute atomic E-state index is 0.591. The lowest BCUT2D eigenvalue weighted by molar-refractivity contribution is 0.954. The third-order valence-electron chi connectivity index (χ3n) is 9.60. The van der Waals surface area contributed by atoms with Crippen LogP contribution >= 0.6 is 0 Å². The van der Waals surface area contributed by atoms with E-state index in [0.29, 0.717) is 17.6 Å². The van der Waals surface area contributed by atoms with Gasteiger partial charge < -0.3 is 0 Å². The normalized spacial score (nSPS) is 11.7. The first-order valence-corrected chi connectivity index (χ1v) is 16.5. The first kappa shape index (κ1) is 27.5. The van der Waals surface area contributed by atoms with Crippen LogP contribution < -0.4 is 0 Å². The maximum absolute atomic E-state index is 5.22. The Labute approximate surface area is 282 Å². The summed E-state index contributed by atoms with van der Waals surface area (Å²) in [6.45, 7) is 0. The van der Waals surface area contributed by atoms with E-state index in [0.717, 1.165) is 27.7 Å². The average molecular weight is 625 g/mol. The first-order chi connectivity index (χ1) is 24.3. The second-order valence-corrected chi connectivity index (χ2v) is 12.5. The Morgan fingerprint density at radius 3 is 1.63 bits per heavy atom. The molecule has 2 heterocycles. The van der Waals surface area contributed by atoms with Crippen molar-refractivity contribution in [2.45, 2.75) is 0 Å². The molecule has 0 radical (unpaired) electrons. The monoisotopic (exact) mass is 624 g/mol. The van der Waals surface area contributed by atoms with Gasteiger partial charge >= 0.3 is 0 Å². The number of aromatic nitrogens is 4. The summed E-state index contributed by atoms with van der Waals surface area (Å²) < 4.78 is 2.21. The smallest absolute Gasteiger partial charge is 0.238 e. The number of fused-ring (bicyclic) bond motifs is 7. The number of benzene rings is 8. The largest absolute Gasteiger partial charge is 0.278 e. The fourth-order valence-corrected chi connectivity index (χ4v) is 7.18. The quantitative estimate of drug-likeness (QED) is 0.196. The summed E-state index contributed by atoms with van der Waals surface area (Å²) >= 11 is 0. The van der Waals surface area contributed by atoms with E-state index in [2.05, 4.69) is 156 Å². The van der Waals surface area contributed by atoms with Crippen LogP contribution in [-0.2, 0) is 0 Å². The zero-order valence-corrected chi connectivity index (χ0v) is 26.5. The molecule has 10 rings (SSSR count).